The molecule has 0 bridgehead atoms. The van der Waals surface area contributed by atoms with Gasteiger partial charge in [0.05, 0.1) is 13.5 Å². The summed E-state index contributed by atoms with van der Waals surface area (Å²) in [6, 6.07) is 17.2. The van der Waals surface area contributed by atoms with E-state index in [1.54, 1.807) is 13.3 Å². The molecule has 0 saturated carbocycles. The number of likely N-dealkylation sites (tertiary alicyclic amines) is 1. The average molecular weight is 422 g/mol. The van der Waals surface area contributed by atoms with Crippen LogP contribution in [0.15, 0.2) is 60.8 Å². The molecule has 1 amide bonds. The van der Waals surface area contributed by atoms with Crippen molar-refractivity contribution in [1.29, 1.82) is 0 Å². The Morgan fingerprint density at radius 2 is 1.97 bits per heavy atom. The number of hydrogen-bond donors (Lipinski definition) is 0. The average Bonchev–Trinajstić information content (AvgIpc) is 2.81. The minimum absolute atomic E-state index is 0.109. The van der Waals surface area contributed by atoms with E-state index in [1.807, 2.05) is 59.5 Å². The summed E-state index contributed by atoms with van der Waals surface area (Å²) in [6.45, 7) is 1.44. The van der Waals surface area contributed by atoms with E-state index < -0.39 is 0 Å². The van der Waals surface area contributed by atoms with Crippen molar-refractivity contribution in [3.63, 3.8) is 0 Å². The van der Waals surface area contributed by atoms with E-state index in [9.17, 15) is 4.79 Å². The number of benzene rings is 2. The van der Waals surface area contributed by atoms with Crippen LogP contribution in [0.3, 0.4) is 0 Å². The van der Waals surface area contributed by atoms with Crippen molar-refractivity contribution >= 4 is 17.5 Å². The Kier molecular flexibility index (Phi) is 6.29. The molecular formula is C24H24ClN3O2. The number of methoxy groups -OCH3 is 1. The zero-order valence-electron chi connectivity index (χ0n) is 16.9. The topological polar surface area (TPSA) is 55.3 Å². The number of aromatic nitrogens is 2. The number of halogens is 1. The number of nitrogens with zero attached hydrogens (tertiary/aromatic N) is 3. The zero-order valence-corrected chi connectivity index (χ0v) is 17.7. The van der Waals surface area contributed by atoms with E-state index in [2.05, 4.69) is 4.98 Å². The minimum atomic E-state index is 0.109. The molecule has 1 fully saturated rings. The standard InChI is InChI=1S/C24H24ClN3O2/c1-30-20-10-8-17(9-11-20)24-26-13-12-22(27-24)19-6-4-14-28(16-19)23(29)15-18-5-2-3-7-21(18)25/h2-3,5,7-13,19H,4,6,14-16H2,1H3/t19-/m0/s1. The first-order valence-electron chi connectivity index (χ1n) is 10.1. The number of rotatable bonds is 5. The Morgan fingerprint density at radius 1 is 1.17 bits per heavy atom. The molecular weight excluding hydrogens is 398 g/mol. The van der Waals surface area contributed by atoms with Gasteiger partial charge in [-0.1, -0.05) is 29.8 Å². The van der Waals surface area contributed by atoms with Crippen LogP contribution in [0.4, 0.5) is 0 Å². The molecule has 0 unspecified atom stereocenters. The van der Waals surface area contributed by atoms with Gasteiger partial charge in [-0.2, -0.15) is 0 Å². The number of carbonyl (C=O) groups excluding carboxylic acids is 1. The molecule has 5 nitrogen and oxygen atoms in total. The van der Waals surface area contributed by atoms with Crippen molar-refractivity contribution in [3.05, 3.63) is 77.1 Å². The predicted molar refractivity (Wildman–Crippen MR) is 118 cm³/mol. The smallest absolute Gasteiger partial charge is 0.227 e. The van der Waals surface area contributed by atoms with Gasteiger partial charge in [0.2, 0.25) is 5.91 Å². The molecule has 2 heterocycles. The van der Waals surface area contributed by atoms with Gasteiger partial charge in [0.25, 0.3) is 0 Å². The van der Waals surface area contributed by atoms with Crippen molar-refractivity contribution in [2.24, 2.45) is 0 Å². The van der Waals surface area contributed by atoms with Crippen LogP contribution in [0.2, 0.25) is 5.02 Å². The molecule has 1 atom stereocenters. The first-order valence-corrected chi connectivity index (χ1v) is 10.5. The maximum atomic E-state index is 12.9. The second kappa shape index (κ2) is 9.26. The van der Waals surface area contributed by atoms with Gasteiger partial charge < -0.3 is 9.64 Å². The Morgan fingerprint density at radius 3 is 2.73 bits per heavy atom. The van der Waals surface area contributed by atoms with Gasteiger partial charge in [0.15, 0.2) is 5.82 Å². The fraction of sp³-hybridized carbons (Fsp3) is 0.292. The molecule has 2 aromatic carbocycles. The molecule has 0 radical (unpaired) electrons. The van der Waals surface area contributed by atoms with E-state index in [0.29, 0.717) is 23.8 Å². The second-order valence-electron chi connectivity index (χ2n) is 7.48. The normalized spacial score (nSPS) is 16.3. The summed E-state index contributed by atoms with van der Waals surface area (Å²) in [5.41, 5.74) is 2.79. The lowest BCUT2D eigenvalue weighted by Gasteiger charge is -2.32. The van der Waals surface area contributed by atoms with Crippen LogP contribution in [0.5, 0.6) is 5.75 Å². The predicted octanol–water partition coefficient (Wildman–Crippen LogP) is 4.75. The monoisotopic (exact) mass is 421 g/mol. The van der Waals surface area contributed by atoms with Crippen LogP contribution in [-0.4, -0.2) is 41.0 Å². The van der Waals surface area contributed by atoms with Gasteiger partial charge in [0, 0.05) is 41.5 Å². The fourth-order valence-electron chi connectivity index (χ4n) is 3.84. The fourth-order valence-corrected chi connectivity index (χ4v) is 4.04. The Balaban J connectivity index is 1.47. The van der Waals surface area contributed by atoms with Crippen LogP contribution in [-0.2, 0) is 11.2 Å². The summed E-state index contributed by atoms with van der Waals surface area (Å²) in [5, 5.41) is 0.638. The Labute approximate surface area is 181 Å². The second-order valence-corrected chi connectivity index (χ2v) is 7.89. The van der Waals surface area contributed by atoms with Gasteiger partial charge in [-0.25, -0.2) is 9.97 Å². The van der Waals surface area contributed by atoms with E-state index in [-0.39, 0.29) is 11.8 Å². The van der Waals surface area contributed by atoms with Crippen molar-refractivity contribution in [2.45, 2.75) is 25.2 Å². The van der Waals surface area contributed by atoms with E-state index in [1.165, 1.54) is 0 Å². The summed E-state index contributed by atoms with van der Waals surface area (Å²) in [6.07, 6.45) is 4.09. The maximum Gasteiger partial charge on any atom is 0.227 e. The summed E-state index contributed by atoms with van der Waals surface area (Å²) in [5.74, 6) is 1.80. The highest BCUT2D eigenvalue weighted by Gasteiger charge is 2.26. The van der Waals surface area contributed by atoms with Crippen LogP contribution in [0.1, 0.15) is 30.0 Å². The van der Waals surface area contributed by atoms with E-state index in [0.717, 1.165) is 42.0 Å². The van der Waals surface area contributed by atoms with Crippen molar-refractivity contribution in [1.82, 2.24) is 14.9 Å². The number of carbonyl (C=O) groups is 1. The molecule has 154 valence electrons. The van der Waals surface area contributed by atoms with Crippen molar-refractivity contribution < 1.29 is 9.53 Å². The minimum Gasteiger partial charge on any atom is -0.497 e. The quantitative estimate of drug-likeness (QED) is 0.596. The third-order valence-corrected chi connectivity index (χ3v) is 5.89. The number of amides is 1. The van der Waals surface area contributed by atoms with Gasteiger partial charge in [-0.05, 0) is 54.8 Å². The maximum absolute atomic E-state index is 12.9. The molecule has 3 aromatic rings. The first-order chi connectivity index (χ1) is 14.6. The summed E-state index contributed by atoms with van der Waals surface area (Å²) >= 11 is 6.23. The molecule has 0 aliphatic carbocycles. The summed E-state index contributed by atoms with van der Waals surface area (Å²) < 4.78 is 5.22. The van der Waals surface area contributed by atoms with Gasteiger partial charge in [-0.15, -0.1) is 0 Å². The third-order valence-electron chi connectivity index (χ3n) is 5.52. The highest BCUT2D eigenvalue weighted by Crippen LogP contribution is 2.28. The largest absolute Gasteiger partial charge is 0.497 e. The van der Waals surface area contributed by atoms with Gasteiger partial charge >= 0.3 is 0 Å². The number of hydrogen-bond acceptors (Lipinski definition) is 4. The highest BCUT2D eigenvalue weighted by molar-refractivity contribution is 6.31. The highest BCUT2D eigenvalue weighted by atomic mass is 35.5. The summed E-state index contributed by atoms with van der Waals surface area (Å²) in [7, 11) is 1.65. The third kappa shape index (κ3) is 4.62. The molecule has 4 rings (SSSR count). The molecule has 0 N–H and O–H groups in total. The van der Waals surface area contributed by atoms with Gasteiger partial charge in [-0.3, -0.25) is 4.79 Å². The van der Waals surface area contributed by atoms with Crippen LogP contribution < -0.4 is 4.74 Å². The molecule has 1 aromatic heterocycles. The number of piperidine rings is 1. The molecule has 1 saturated heterocycles. The van der Waals surface area contributed by atoms with Crippen molar-refractivity contribution in [2.75, 3.05) is 20.2 Å². The lowest BCUT2D eigenvalue weighted by molar-refractivity contribution is -0.131. The van der Waals surface area contributed by atoms with Crippen LogP contribution in [0, 0.1) is 0 Å². The summed E-state index contributed by atoms with van der Waals surface area (Å²) in [4.78, 5) is 24.0. The zero-order chi connectivity index (χ0) is 20.9. The SMILES string of the molecule is COc1ccc(-c2nccc([C@H]3CCCN(C(=O)Cc4ccccc4Cl)C3)n2)cc1. The molecule has 1 aliphatic rings. The van der Waals surface area contributed by atoms with E-state index in [4.69, 9.17) is 21.3 Å². The van der Waals surface area contributed by atoms with Crippen molar-refractivity contribution in [3.8, 4) is 17.1 Å². The number of ether oxygens (including phenoxy) is 1. The van der Waals surface area contributed by atoms with Gasteiger partial charge in [0.1, 0.15) is 5.75 Å². The lowest BCUT2D eigenvalue weighted by atomic mass is 9.94. The van der Waals surface area contributed by atoms with Crippen LogP contribution >= 0.6 is 11.6 Å². The Bertz CT molecular complexity index is 1020. The molecule has 6 heteroatoms. The molecule has 0 spiro atoms. The lowest BCUT2D eigenvalue weighted by Crippen LogP contribution is -2.40. The van der Waals surface area contributed by atoms with E-state index >= 15 is 0 Å². The molecule has 1 aliphatic heterocycles. The first kappa shape index (κ1) is 20.4. The Hall–Kier alpha value is -2.92. The van der Waals surface area contributed by atoms with Crippen LogP contribution in [0.25, 0.3) is 11.4 Å². The molecule has 30 heavy (non-hydrogen) atoms.